The molecule has 0 unspecified atom stereocenters. The Kier molecular flexibility index (Phi) is 5.55. The molecule has 0 radical (unpaired) electrons. The summed E-state index contributed by atoms with van der Waals surface area (Å²) in [6.07, 6.45) is 0.594. The predicted molar refractivity (Wildman–Crippen MR) is 115 cm³/mol. The minimum Gasteiger partial charge on any atom is -0.489 e. The van der Waals surface area contributed by atoms with Crippen LogP contribution in [0, 0.1) is 13.8 Å². The number of nitrogens with zero attached hydrogens (tertiary/aromatic N) is 2. The van der Waals surface area contributed by atoms with Gasteiger partial charge in [-0.2, -0.15) is 0 Å². The van der Waals surface area contributed by atoms with Crippen molar-refractivity contribution in [2.75, 3.05) is 18.5 Å². The monoisotopic (exact) mass is 441 g/mol. The molecular weight excluding hydrogens is 418 g/mol. The van der Waals surface area contributed by atoms with Crippen LogP contribution < -0.4 is 14.4 Å². The van der Waals surface area contributed by atoms with Crippen LogP contribution in [0.15, 0.2) is 51.9 Å². The Labute approximate surface area is 180 Å². The van der Waals surface area contributed by atoms with Crippen molar-refractivity contribution < 1.29 is 22.5 Å². The van der Waals surface area contributed by atoms with Crippen molar-refractivity contribution >= 4 is 21.6 Å². The van der Waals surface area contributed by atoms with E-state index >= 15 is 0 Å². The van der Waals surface area contributed by atoms with Gasteiger partial charge in [0.15, 0.2) is 0 Å². The molecule has 0 bridgehead atoms. The van der Waals surface area contributed by atoms with Gasteiger partial charge in [0.05, 0.1) is 16.2 Å². The zero-order chi connectivity index (χ0) is 22.2. The van der Waals surface area contributed by atoms with Gasteiger partial charge in [-0.05, 0) is 69.3 Å². The van der Waals surface area contributed by atoms with Crippen molar-refractivity contribution in [1.29, 1.82) is 0 Å². The number of rotatable bonds is 6. The van der Waals surface area contributed by atoms with Crippen LogP contribution in [0.1, 0.15) is 32.9 Å². The number of aryl methyl sites for hydroxylation is 2. The maximum atomic E-state index is 13.2. The third-order valence-electron chi connectivity index (χ3n) is 5.42. The lowest BCUT2D eigenvalue weighted by Crippen LogP contribution is -2.28. The summed E-state index contributed by atoms with van der Waals surface area (Å²) in [5.74, 6) is 1.12. The van der Waals surface area contributed by atoms with Crippen LogP contribution in [-0.4, -0.2) is 33.1 Å². The van der Waals surface area contributed by atoms with Crippen molar-refractivity contribution in [3.63, 3.8) is 0 Å². The highest BCUT2D eigenvalue weighted by molar-refractivity contribution is 7.89. The molecule has 1 aliphatic rings. The molecule has 4 rings (SSSR count). The Morgan fingerprint density at radius 3 is 2.74 bits per heavy atom. The zero-order valence-electron chi connectivity index (χ0n) is 17.5. The SMILES string of the molecule is CNS(=O)(=O)c1ccc2c(c1)CCN2C(=O)c1cccc(OCc2c(C)noc2C)c1. The molecular formula is C22H23N3O5S. The first kappa shape index (κ1) is 21.1. The molecule has 0 aliphatic carbocycles. The fraction of sp³-hybridized carbons (Fsp3) is 0.273. The van der Waals surface area contributed by atoms with E-state index in [1.165, 1.54) is 13.1 Å². The van der Waals surface area contributed by atoms with Crippen molar-refractivity contribution in [3.8, 4) is 5.75 Å². The molecule has 0 saturated carbocycles. The van der Waals surface area contributed by atoms with Gasteiger partial charge in [-0.25, -0.2) is 13.1 Å². The maximum Gasteiger partial charge on any atom is 0.258 e. The minimum atomic E-state index is -3.53. The highest BCUT2D eigenvalue weighted by Crippen LogP contribution is 2.32. The lowest BCUT2D eigenvalue weighted by atomic mass is 10.1. The van der Waals surface area contributed by atoms with Crippen molar-refractivity contribution in [3.05, 3.63) is 70.6 Å². The number of ether oxygens (including phenoxy) is 1. The number of fused-ring (bicyclic) bond motifs is 1. The van der Waals surface area contributed by atoms with Crippen molar-refractivity contribution in [2.24, 2.45) is 0 Å². The molecule has 0 fully saturated rings. The number of carbonyl (C=O) groups is 1. The van der Waals surface area contributed by atoms with Gasteiger partial charge in [0, 0.05) is 17.8 Å². The van der Waals surface area contributed by atoms with Gasteiger partial charge < -0.3 is 14.2 Å². The summed E-state index contributed by atoms with van der Waals surface area (Å²) in [5, 5.41) is 3.92. The van der Waals surface area contributed by atoms with Crippen molar-refractivity contribution in [2.45, 2.75) is 31.8 Å². The van der Waals surface area contributed by atoms with Gasteiger partial charge in [0.2, 0.25) is 10.0 Å². The highest BCUT2D eigenvalue weighted by Gasteiger charge is 2.27. The van der Waals surface area contributed by atoms with E-state index in [2.05, 4.69) is 9.88 Å². The number of hydrogen-bond donors (Lipinski definition) is 1. The number of carbonyl (C=O) groups excluding carboxylic acids is 1. The summed E-state index contributed by atoms with van der Waals surface area (Å²) in [7, 11) is -2.15. The van der Waals surface area contributed by atoms with Gasteiger partial charge in [0.25, 0.3) is 5.91 Å². The molecule has 0 saturated heterocycles. The van der Waals surface area contributed by atoms with Crippen LogP contribution in [0.25, 0.3) is 0 Å². The van der Waals surface area contributed by atoms with E-state index in [9.17, 15) is 13.2 Å². The molecule has 162 valence electrons. The topological polar surface area (TPSA) is 102 Å². The summed E-state index contributed by atoms with van der Waals surface area (Å²) < 4.78 is 37.4. The average Bonchev–Trinajstić information content (AvgIpc) is 3.34. The number of aromatic nitrogens is 1. The molecule has 2 heterocycles. The third kappa shape index (κ3) is 4.06. The largest absolute Gasteiger partial charge is 0.489 e. The second-order valence-electron chi connectivity index (χ2n) is 7.32. The number of nitrogens with one attached hydrogen (secondary N) is 1. The third-order valence-corrected chi connectivity index (χ3v) is 6.83. The van der Waals surface area contributed by atoms with Crippen LogP contribution in [0.4, 0.5) is 5.69 Å². The Morgan fingerprint density at radius 2 is 2.03 bits per heavy atom. The van der Waals surface area contributed by atoms with Gasteiger partial charge in [-0.15, -0.1) is 0 Å². The quantitative estimate of drug-likeness (QED) is 0.631. The molecule has 8 nitrogen and oxygen atoms in total. The van der Waals surface area contributed by atoms with E-state index < -0.39 is 10.0 Å². The fourth-order valence-electron chi connectivity index (χ4n) is 3.61. The summed E-state index contributed by atoms with van der Waals surface area (Å²) >= 11 is 0. The van der Waals surface area contributed by atoms with Crippen LogP contribution in [0.2, 0.25) is 0 Å². The first-order valence-corrected chi connectivity index (χ1v) is 11.3. The molecule has 3 aromatic rings. The Morgan fingerprint density at radius 1 is 1.23 bits per heavy atom. The van der Waals surface area contributed by atoms with E-state index in [-0.39, 0.29) is 10.8 Å². The Bertz CT molecular complexity index is 1230. The van der Waals surface area contributed by atoms with Crippen LogP contribution in [-0.2, 0) is 23.1 Å². The molecule has 9 heteroatoms. The molecule has 1 aromatic heterocycles. The number of benzene rings is 2. The number of hydrogen-bond acceptors (Lipinski definition) is 6. The van der Waals surface area contributed by atoms with E-state index in [0.29, 0.717) is 36.6 Å². The van der Waals surface area contributed by atoms with E-state index in [4.69, 9.17) is 9.26 Å². The summed E-state index contributed by atoms with van der Waals surface area (Å²) in [5.41, 5.74) is 3.71. The number of amides is 1. The molecule has 1 amide bonds. The number of sulfonamides is 1. The highest BCUT2D eigenvalue weighted by atomic mass is 32.2. The zero-order valence-corrected chi connectivity index (χ0v) is 18.3. The van der Waals surface area contributed by atoms with E-state index in [0.717, 1.165) is 22.5 Å². The minimum absolute atomic E-state index is 0.161. The summed E-state index contributed by atoms with van der Waals surface area (Å²) in [4.78, 5) is 15.0. The van der Waals surface area contributed by atoms with Crippen LogP contribution >= 0.6 is 0 Å². The number of anilines is 1. The lowest BCUT2D eigenvalue weighted by Gasteiger charge is -2.18. The van der Waals surface area contributed by atoms with Gasteiger partial charge in [-0.3, -0.25) is 4.79 Å². The summed E-state index contributed by atoms with van der Waals surface area (Å²) in [6, 6.07) is 11.8. The van der Waals surface area contributed by atoms with Crippen molar-refractivity contribution in [1.82, 2.24) is 9.88 Å². The van der Waals surface area contributed by atoms with Gasteiger partial charge >= 0.3 is 0 Å². The second kappa shape index (κ2) is 8.16. The average molecular weight is 442 g/mol. The first-order chi connectivity index (χ1) is 14.8. The molecule has 0 atom stereocenters. The predicted octanol–water partition coefficient (Wildman–Crippen LogP) is 2.98. The molecule has 2 aromatic carbocycles. The molecule has 0 spiro atoms. The van der Waals surface area contributed by atoms with Gasteiger partial charge in [0.1, 0.15) is 18.1 Å². The second-order valence-corrected chi connectivity index (χ2v) is 9.21. The summed E-state index contributed by atoms with van der Waals surface area (Å²) in [6.45, 7) is 4.47. The van der Waals surface area contributed by atoms with E-state index in [1.807, 2.05) is 13.8 Å². The van der Waals surface area contributed by atoms with Crippen LogP contribution in [0.3, 0.4) is 0 Å². The lowest BCUT2D eigenvalue weighted by molar-refractivity contribution is 0.0989. The maximum absolute atomic E-state index is 13.2. The van der Waals surface area contributed by atoms with Gasteiger partial charge in [-0.1, -0.05) is 11.2 Å². The normalized spacial score (nSPS) is 13.3. The fourth-order valence-corrected chi connectivity index (χ4v) is 4.39. The standard InChI is InChI=1S/C22H23N3O5S/c1-14-20(15(2)30-24-14)13-29-18-6-4-5-17(11-18)22(26)25-10-9-16-12-19(7-8-21(16)25)31(27,28)23-3/h4-8,11-12,23H,9-10,13H2,1-3H3. The smallest absolute Gasteiger partial charge is 0.258 e. The molecule has 31 heavy (non-hydrogen) atoms. The molecule has 1 aliphatic heterocycles. The Balaban J connectivity index is 1.53. The van der Waals surface area contributed by atoms with E-state index in [1.54, 1.807) is 41.3 Å². The van der Waals surface area contributed by atoms with Crippen LogP contribution in [0.5, 0.6) is 5.75 Å². The molecule has 1 N–H and O–H groups in total. The first-order valence-electron chi connectivity index (χ1n) is 9.83. The Hall–Kier alpha value is -3.17.